The summed E-state index contributed by atoms with van der Waals surface area (Å²) < 4.78 is 2.02. The summed E-state index contributed by atoms with van der Waals surface area (Å²) in [7, 11) is 0. The van der Waals surface area contributed by atoms with Gasteiger partial charge in [-0.25, -0.2) is 4.98 Å². The number of rotatable bonds is 3. The van der Waals surface area contributed by atoms with Crippen LogP contribution in [0.15, 0.2) is 35.2 Å². The van der Waals surface area contributed by atoms with E-state index >= 15 is 0 Å². The molecule has 0 saturated carbocycles. The van der Waals surface area contributed by atoms with Crippen LogP contribution in [0.1, 0.15) is 27.5 Å². The van der Waals surface area contributed by atoms with Crippen molar-refractivity contribution in [1.29, 1.82) is 0 Å². The average Bonchev–Trinajstić information content (AvgIpc) is 3.20. The third kappa shape index (κ3) is 2.17. The van der Waals surface area contributed by atoms with Gasteiger partial charge in [0.1, 0.15) is 4.83 Å². The van der Waals surface area contributed by atoms with Crippen LogP contribution in [-0.4, -0.2) is 15.3 Å². The molecule has 4 rings (SSSR count). The summed E-state index contributed by atoms with van der Waals surface area (Å²) in [6, 6.07) is 5.97. The van der Waals surface area contributed by atoms with Crippen LogP contribution < -0.4 is 5.32 Å². The van der Waals surface area contributed by atoms with Gasteiger partial charge in [0.15, 0.2) is 4.96 Å². The maximum Gasteiger partial charge on any atom is 0.262 e. The van der Waals surface area contributed by atoms with Crippen LogP contribution in [0.3, 0.4) is 0 Å². The van der Waals surface area contributed by atoms with Gasteiger partial charge >= 0.3 is 0 Å². The molecule has 0 fully saturated rings. The number of aromatic nitrogens is 2. The van der Waals surface area contributed by atoms with Crippen LogP contribution in [0, 0.1) is 0 Å². The van der Waals surface area contributed by atoms with Crippen molar-refractivity contribution in [1.82, 2.24) is 14.7 Å². The van der Waals surface area contributed by atoms with E-state index in [-0.39, 0.29) is 11.9 Å². The zero-order valence-corrected chi connectivity index (χ0v) is 13.5. The zero-order valence-electron chi connectivity index (χ0n) is 11.1. The molecule has 4 aromatic rings. The van der Waals surface area contributed by atoms with Crippen LogP contribution in [0.4, 0.5) is 0 Å². The highest BCUT2D eigenvalue weighted by atomic mass is 32.1. The van der Waals surface area contributed by atoms with Gasteiger partial charge in [0.25, 0.3) is 5.91 Å². The maximum atomic E-state index is 12.4. The Morgan fingerprint density at radius 3 is 3.10 bits per heavy atom. The summed E-state index contributed by atoms with van der Waals surface area (Å²) in [5.74, 6) is -0.0390. The Hall–Kier alpha value is -1.70. The van der Waals surface area contributed by atoms with Gasteiger partial charge < -0.3 is 5.32 Å². The molecule has 0 saturated heterocycles. The zero-order chi connectivity index (χ0) is 14.4. The molecule has 1 N–H and O–H groups in total. The number of nitrogens with one attached hydrogen (secondary N) is 1. The second-order valence-corrected chi connectivity index (χ2v) is 7.56. The topological polar surface area (TPSA) is 46.4 Å². The molecule has 0 radical (unpaired) electrons. The lowest BCUT2D eigenvalue weighted by Crippen LogP contribution is -2.25. The number of hydrogen-bond acceptors (Lipinski definition) is 5. The van der Waals surface area contributed by atoms with Gasteiger partial charge in [-0.1, -0.05) is 6.07 Å². The third-order valence-electron chi connectivity index (χ3n) is 3.28. The Morgan fingerprint density at radius 1 is 1.38 bits per heavy atom. The summed E-state index contributed by atoms with van der Waals surface area (Å²) in [6.45, 7) is 2.00. The van der Waals surface area contributed by atoms with E-state index in [0.29, 0.717) is 4.88 Å². The quantitative estimate of drug-likeness (QED) is 0.612. The van der Waals surface area contributed by atoms with E-state index in [0.717, 1.165) is 20.2 Å². The van der Waals surface area contributed by atoms with Crippen LogP contribution in [0.2, 0.25) is 0 Å². The number of thiophene rings is 2. The predicted molar refractivity (Wildman–Crippen MR) is 88.7 cm³/mol. The molecule has 0 bridgehead atoms. The summed E-state index contributed by atoms with van der Waals surface area (Å²) in [6.07, 6.45) is 1.98. The van der Waals surface area contributed by atoms with E-state index < -0.39 is 0 Å². The van der Waals surface area contributed by atoms with Gasteiger partial charge in [-0.3, -0.25) is 9.20 Å². The average molecular weight is 333 g/mol. The molecule has 0 unspecified atom stereocenters. The molecule has 0 aromatic carbocycles. The molecule has 4 aromatic heterocycles. The first-order chi connectivity index (χ1) is 10.2. The largest absolute Gasteiger partial charge is 0.344 e. The van der Waals surface area contributed by atoms with Gasteiger partial charge in [0.05, 0.1) is 16.4 Å². The first-order valence-electron chi connectivity index (χ1n) is 6.42. The summed E-state index contributed by atoms with van der Waals surface area (Å²) in [4.78, 5) is 20.6. The van der Waals surface area contributed by atoms with Crippen LogP contribution in [0.25, 0.3) is 15.3 Å². The minimum atomic E-state index is -0.0390. The van der Waals surface area contributed by atoms with Crippen molar-refractivity contribution in [3.05, 3.63) is 44.9 Å². The van der Waals surface area contributed by atoms with Gasteiger partial charge in [-0.05, 0) is 24.4 Å². The lowest BCUT2D eigenvalue weighted by molar-refractivity contribution is 0.0944. The fourth-order valence-electron chi connectivity index (χ4n) is 2.24. The molecule has 21 heavy (non-hydrogen) atoms. The van der Waals surface area contributed by atoms with Gasteiger partial charge in [-0.15, -0.1) is 34.0 Å². The Labute approximate surface area is 132 Å². The first kappa shape index (κ1) is 13.0. The van der Waals surface area contributed by atoms with Crippen molar-refractivity contribution in [3.8, 4) is 0 Å². The second kappa shape index (κ2) is 4.94. The van der Waals surface area contributed by atoms with Crippen LogP contribution in [0.5, 0.6) is 0 Å². The smallest absolute Gasteiger partial charge is 0.262 e. The third-order valence-corrected chi connectivity index (χ3v) is 6.11. The monoisotopic (exact) mass is 333 g/mol. The normalized spacial score (nSPS) is 13.0. The Bertz CT molecular complexity index is 916. The standard InChI is InChI=1S/C14H11N3OS3/c1-8(10-3-2-5-19-10)15-12(18)11-7-9-13(21-11)16-14-17(9)4-6-20-14/h2-8H,1H3,(H,15,18)/t8-/m1/s1. The molecule has 106 valence electrons. The number of imidazole rings is 1. The number of fused-ring (bicyclic) bond motifs is 3. The van der Waals surface area contributed by atoms with E-state index in [2.05, 4.69) is 10.3 Å². The minimum absolute atomic E-state index is 0.0238. The van der Waals surface area contributed by atoms with Crippen LogP contribution >= 0.6 is 34.0 Å². The van der Waals surface area contributed by atoms with E-state index in [1.807, 2.05) is 46.5 Å². The molecule has 7 heteroatoms. The van der Waals surface area contributed by atoms with E-state index in [1.54, 1.807) is 22.7 Å². The van der Waals surface area contributed by atoms with Crippen LogP contribution in [-0.2, 0) is 0 Å². The molecule has 4 heterocycles. The second-order valence-electron chi connectivity index (χ2n) is 4.68. The number of nitrogens with zero attached hydrogens (tertiary/aromatic N) is 2. The van der Waals surface area contributed by atoms with E-state index in [1.165, 1.54) is 11.3 Å². The Balaban J connectivity index is 1.63. The number of thiazole rings is 1. The molecule has 0 spiro atoms. The lowest BCUT2D eigenvalue weighted by Gasteiger charge is -2.10. The molecule has 1 amide bonds. The molecular formula is C14H11N3OS3. The molecule has 4 nitrogen and oxygen atoms in total. The molecule has 0 aliphatic heterocycles. The van der Waals surface area contributed by atoms with Crippen molar-refractivity contribution < 1.29 is 4.79 Å². The first-order valence-corrected chi connectivity index (χ1v) is 8.99. The molecular weight excluding hydrogens is 322 g/mol. The maximum absolute atomic E-state index is 12.4. The fourth-order valence-corrected chi connectivity index (χ4v) is 4.67. The van der Waals surface area contributed by atoms with Gasteiger partial charge in [0.2, 0.25) is 0 Å². The highest BCUT2D eigenvalue weighted by Gasteiger charge is 2.17. The SMILES string of the molecule is C[C@@H](NC(=O)c1cc2c(nc3sccn32)s1)c1cccs1. The number of carbonyl (C=O) groups excluding carboxylic acids is 1. The van der Waals surface area contributed by atoms with Crippen molar-refractivity contribution >= 4 is 55.2 Å². The molecule has 0 aliphatic rings. The molecule has 1 atom stereocenters. The lowest BCUT2D eigenvalue weighted by atomic mass is 10.2. The summed E-state index contributed by atoms with van der Waals surface area (Å²) in [5.41, 5.74) is 1.00. The highest BCUT2D eigenvalue weighted by Crippen LogP contribution is 2.28. The van der Waals surface area contributed by atoms with Gasteiger partial charge in [0, 0.05) is 16.5 Å². The Kier molecular flexibility index (Phi) is 3.06. The number of amides is 1. The minimum Gasteiger partial charge on any atom is -0.344 e. The van der Waals surface area contributed by atoms with E-state index in [9.17, 15) is 4.79 Å². The predicted octanol–water partition coefficient (Wildman–Crippen LogP) is 4.16. The number of hydrogen-bond donors (Lipinski definition) is 1. The fraction of sp³-hybridized carbons (Fsp3) is 0.143. The van der Waals surface area contributed by atoms with Crippen molar-refractivity contribution in [3.63, 3.8) is 0 Å². The van der Waals surface area contributed by atoms with E-state index in [4.69, 9.17) is 0 Å². The van der Waals surface area contributed by atoms with Gasteiger partial charge in [-0.2, -0.15) is 0 Å². The van der Waals surface area contributed by atoms with Crippen molar-refractivity contribution in [2.45, 2.75) is 13.0 Å². The van der Waals surface area contributed by atoms with Crippen molar-refractivity contribution in [2.75, 3.05) is 0 Å². The highest BCUT2D eigenvalue weighted by molar-refractivity contribution is 7.21. The summed E-state index contributed by atoms with van der Waals surface area (Å²) >= 11 is 4.69. The summed E-state index contributed by atoms with van der Waals surface area (Å²) in [5, 5.41) is 7.06. The number of carbonyl (C=O) groups is 1. The molecule has 0 aliphatic carbocycles. The van der Waals surface area contributed by atoms with Crippen molar-refractivity contribution in [2.24, 2.45) is 0 Å². The Morgan fingerprint density at radius 2 is 2.29 bits per heavy atom.